The van der Waals surface area contributed by atoms with Crippen LogP contribution in [0.1, 0.15) is 44.7 Å². The molecule has 0 spiro atoms. The third-order valence-corrected chi connectivity index (χ3v) is 3.19. The van der Waals surface area contributed by atoms with Crippen molar-refractivity contribution < 1.29 is 18.0 Å². The lowest BCUT2D eigenvalue weighted by Gasteiger charge is -2.29. The minimum Gasteiger partial charge on any atom is -0.310 e. The summed E-state index contributed by atoms with van der Waals surface area (Å²) in [6.45, 7) is 5.04. The largest absolute Gasteiger partial charge is 0.417 e. The Hall–Kier alpha value is -2.03. The summed E-state index contributed by atoms with van der Waals surface area (Å²) in [5.41, 5.74) is -1.30. The Balaban J connectivity index is 3.35. The first kappa shape index (κ1) is 17.0. The molecular formula is C15H17F3N2O. The summed E-state index contributed by atoms with van der Waals surface area (Å²) in [4.78, 5) is 13.1. The maximum Gasteiger partial charge on any atom is 0.417 e. The number of anilines is 1. The summed E-state index contributed by atoms with van der Waals surface area (Å²) in [6.07, 6.45) is -3.13. The van der Waals surface area contributed by atoms with Gasteiger partial charge in [-0.3, -0.25) is 4.79 Å². The Morgan fingerprint density at radius 3 is 2.48 bits per heavy atom. The molecule has 0 aliphatic heterocycles. The number of hydrogen-bond donors (Lipinski definition) is 0. The Kier molecular flexibility index (Phi) is 5.36. The summed E-state index contributed by atoms with van der Waals surface area (Å²) in [6, 6.07) is 4.67. The van der Waals surface area contributed by atoms with Gasteiger partial charge in [0.15, 0.2) is 0 Å². The van der Waals surface area contributed by atoms with Crippen molar-refractivity contribution in [3.05, 3.63) is 29.3 Å². The average Bonchev–Trinajstić information content (AvgIpc) is 2.37. The van der Waals surface area contributed by atoms with E-state index in [0.29, 0.717) is 6.42 Å². The Morgan fingerprint density at radius 2 is 2.05 bits per heavy atom. The maximum atomic E-state index is 13.0. The van der Waals surface area contributed by atoms with E-state index in [1.54, 1.807) is 6.92 Å². The van der Waals surface area contributed by atoms with Crippen LogP contribution in [0.5, 0.6) is 0 Å². The van der Waals surface area contributed by atoms with Crippen molar-refractivity contribution in [1.82, 2.24) is 0 Å². The van der Waals surface area contributed by atoms with Crippen LogP contribution in [0.25, 0.3) is 0 Å². The average molecular weight is 298 g/mol. The van der Waals surface area contributed by atoms with Crippen LogP contribution >= 0.6 is 0 Å². The van der Waals surface area contributed by atoms with E-state index in [4.69, 9.17) is 5.26 Å². The van der Waals surface area contributed by atoms with Gasteiger partial charge in [0, 0.05) is 18.7 Å². The second-order valence-electron chi connectivity index (χ2n) is 4.87. The zero-order valence-corrected chi connectivity index (χ0v) is 12.2. The highest BCUT2D eigenvalue weighted by Gasteiger charge is 2.34. The SMILES string of the molecule is CCCC(C)N(C(C)=O)c1ccc(C#N)c(C(F)(F)F)c1. The zero-order valence-electron chi connectivity index (χ0n) is 12.2. The number of nitrogens with zero attached hydrogens (tertiary/aromatic N) is 2. The van der Waals surface area contributed by atoms with Crippen molar-refractivity contribution in [2.45, 2.75) is 45.8 Å². The van der Waals surface area contributed by atoms with Gasteiger partial charge in [-0.25, -0.2) is 0 Å². The zero-order chi connectivity index (χ0) is 16.2. The predicted molar refractivity (Wildman–Crippen MR) is 73.7 cm³/mol. The van der Waals surface area contributed by atoms with Gasteiger partial charge in [-0.2, -0.15) is 18.4 Å². The van der Waals surface area contributed by atoms with Crippen LogP contribution in [0, 0.1) is 11.3 Å². The monoisotopic (exact) mass is 298 g/mol. The predicted octanol–water partition coefficient (Wildman–Crippen LogP) is 4.12. The molecule has 0 radical (unpaired) electrons. The molecule has 3 nitrogen and oxygen atoms in total. The molecule has 1 atom stereocenters. The number of benzene rings is 1. The first-order chi connectivity index (χ1) is 9.72. The molecule has 0 N–H and O–H groups in total. The fourth-order valence-electron chi connectivity index (χ4n) is 2.31. The van der Waals surface area contributed by atoms with Gasteiger partial charge < -0.3 is 4.90 Å². The maximum absolute atomic E-state index is 13.0. The Bertz CT molecular complexity index is 561. The molecule has 6 heteroatoms. The summed E-state index contributed by atoms with van der Waals surface area (Å²) in [5.74, 6) is -0.325. The van der Waals surface area contributed by atoms with Gasteiger partial charge >= 0.3 is 6.18 Å². The van der Waals surface area contributed by atoms with E-state index in [-0.39, 0.29) is 17.6 Å². The van der Waals surface area contributed by atoms with Gasteiger partial charge in [-0.1, -0.05) is 13.3 Å². The third kappa shape index (κ3) is 3.97. The van der Waals surface area contributed by atoms with Gasteiger partial charge in [-0.05, 0) is 31.5 Å². The molecule has 0 fully saturated rings. The third-order valence-electron chi connectivity index (χ3n) is 3.19. The fourth-order valence-corrected chi connectivity index (χ4v) is 2.31. The lowest BCUT2D eigenvalue weighted by molar-refractivity contribution is -0.137. The molecule has 0 saturated heterocycles. The van der Waals surface area contributed by atoms with Crippen LogP contribution in [0.15, 0.2) is 18.2 Å². The van der Waals surface area contributed by atoms with Crippen molar-refractivity contribution >= 4 is 11.6 Å². The molecule has 1 unspecified atom stereocenters. The normalized spacial score (nSPS) is 12.6. The van der Waals surface area contributed by atoms with E-state index in [9.17, 15) is 18.0 Å². The number of rotatable bonds is 4. The molecule has 1 rings (SSSR count). The minimum absolute atomic E-state index is 0.162. The number of amides is 1. The number of nitriles is 1. The van der Waals surface area contributed by atoms with E-state index in [0.717, 1.165) is 18.6 Å². The van der Waals surface area contributed by atoms with Crippen molar-refractivity contribution in [2.75, 3.05) is 4.90 Å². The molecule has 0 aliphatic carbocycles. The highest BCUT2D eigenvalue weighted by Crippen LogP contribution is 2.35. The summed E-state index contributed by atoms with van der Waals surface area (Å²) < 4.78 is 38.9. The second-order valence-corrected chi connectivity index (χ2v) is 4.87. The van der Waals surface area contributed by atoms with Gasteiger partial charge in [0.1, 0.15) is 0 Å². The number of carbonyl (C=O) groups is 1. The van der Waals surface area contributed by atoms with Crippen LogP contribution in [0.3, 0.4) is 0 Å². The molecule has 1 aromatic rings. The van der Waals surface area contributed by atoms with Gasteiger partial charge in [0.05, 0.1) is 17.2 Å². The van der Waals surface area contributed by atoms with Crippen LogP contribution in [-0.4, -0.2) is 11.9 Å². The minimum atomic E-state index is -4.63. The van der Waals surface area contributed by atoms with E-state index in [1.807, 2.05) is 6.92 Å². The van der Waals surface area contributed by atoms with Gasteiger partial charge in [0.2, 0.25) is 5.91 Å². The highest BCUT2D eigenvalue weighted by atomic mass is 19.4. The number of hydrogen-bond acceptors (Lipinski definition) is 2. The smallest absolute Gasteiger partial charge is 0.310 e. The van der Waals surface area contributed by atoms with E-state index >= 15 is 0 Å². The highest BCUT2D eigenvalue weighted by molar-refractivity contribution is 5.92. The van der Waals surface area contributed by atoms with Gasteiger partial charge in [0.25, 0.3) is 0 Å². The Morgan fingerprint density at radius 1 is 1.43 bits per heavy atom. The van der Waals surface area contributed by atoms with E-state index < -0.39 is 17.3 Å². The molecule has 0 bridgehead atoms. The van der Waals surface area contributed by atoms with Crippen LogP contribution in [-0.2, 0) is 11.0 Å². The van der Waals surface area contributed by atoms with E-state index in [2.05, 4.69) is 0 Å². The van der Waals surface area contributed by atoms with Crippen molar-refractivity contribution in [3.8, 4) is 6.07 Å². The second kappa shape index (κ2) is 6.61. The van der Waals surface area contributed by atoms with Crippen molar-refractivity contribution in [2.24, 2.45) is 0 Å². The summed E-state index contributed by atoms with van der Waals surface area (Å²) in [5, 5.41) is 8.78. The lowest BCUT2D eigenvalue weighted by Crippen LogP contribution is -2.37. The van der Waals surface area contributed by atoms with Crippen molar-refractivity contribution in [1.29, 1.82) is 5.26 Å². The van der Waals surface area contributed by atoms with E-state index in [1.165, 1.54) is 24.0 Å². The molecule has 1 amide bonds. The molecule has 0 aliphatic rings. The topological polar surface area (TPSA) is 44.1 Å². The fraction of sp³-hybridized carbons (Fsp3) is 0.467. The molecular weight excluding hydrogens is 281 g/mol. The summed E-state index contributed by atoms with van der Waals surface area (Å²) >= 11 is 0. The first-order valence-electron chi connectivity index (χ1n) is 6.63. The van der Waals surface area contributed by atoms with Gasteiger partial charge in [-0.15, -0.1) is 0 Å². The first-order valence-corrected chi connectivity index (χ1v) is 6.63. The molecule has 1 aromatic carbocycles. The standard InChI is InChI=1S/C15H17F3N2O/c1-4-5-10(2)20(11(3)21)13-7-6-12(9-19)14(8-13)15(16,17)18/h6-8,10H,4-5H2,1-3H3. The van der Waals surface area contributed by atoms with Crippen LogP contribution in [0.4, 0.5) is 18.9 Å². The quantitative estimate of drug-likeness (QED) is 0.839. The van der Waals surface area contributed by atoms with Crippen LogP contribution in [0.2, 0.25) is 0 Å². The number of carbonyl (C=O) groups excluding carboxylic acids is 1. The molecule has 0 aromatic heterocycles. The Labute approximate surface area is 122 Å². The van der Waals surface area contributed by atoms with Crippen molar-refractivity contribution in [3.63, 3.8) is 0 Å². The molecule has 0 saturated carbocycles. The summed E-state index contributed by atoms with van der Waals surface area (Å²) in [7, 11) is 0. The molecule has 21 heavy (non-hydrogen) atoms. The lowest BCUT2D eigenvalue weighted by atomic mass is 10.0. The molecule has 0 heterocycles. The number of halogens is 3. The van der Waals surface area contributed by atoms with Crippen LogP contribution < -0.4 is 4.90 Å². The molecule has 114 valence electrons. The number of alkyl halides is 3.